The van der Waals surface area contributed by atoms with Gasteiger partial charge in [-0.25, -0.2) is 0 Å². The number of Topliss-reactive ketones (excluding diaryl/α,β-unsaturated/α-hetero) is 1. The summed E-state index contributed by atoms with van der Waals surface area (Å²) < 4.78 is 5.22. The van der Waals surface area contributed by atoms with Gasteiger partial charge >= 0.3 is 0 Å². The molecule has 0 spiro atoms. The molecule has 3 heteroatoms. The first-order valence-electron chi connectivity index (χ1n) is 5.22. The van der Waals surface area contributed by atoms with Crippen LogP contribution in [-0.2, 0) is 0 Å². The molecule has 2 aromatic heterocycles. The molecule has 0 N–H and O–H groups in total. The van der Waals surface area contributed by atoms with Crippen LogP contribution in [0.1, 0.15) is 24.2 Å². The first-order chi connectivity index (χ1) is 7.68. The minimum Gasteiger partial charge on any atom is -0.463 e. The quantitative estimate of drug-likeness (QED) is 0.738. The normalized spacial score (nSPS) is 10.7. The number of aromatic nitrogens is 1. The summed E-state index contributed by atoms with van der Waals surface area (Å²) in [5.74, 6) is 0.818. The van der Waals surface area contributed by atoms with Gasteiger partial charge in [0.2, 0.25) is 0 Å². The molecule has 2 aromatic rings. The lowest BCUT2D eigenvalue weighted by molar-refractivity contribution is 0.0939. The van der Waals surface area contributed by atoms with Crippen molar-refractivity contribution >= 4 is 5.78 Å². The van der Waals surface area contributed by atoms with Crippen LogP contribution >= 0.6 is 0 Å². The predicted octanol–water partition coefficient (Wildman–Crippen LogP) is 3.18. The van der Waals surface area contributed by atoms with Crippen LogP contribution < -0.4 is 0 Å². The Morgan fingerprint density at radius 3 is 2.62 bits per heavy atom. The molecule has 3 nitrogen and oxygen atoms in total. The van der Waals surface area contributed by atoms with Crippen molar-refractivity contribution in [1.82, 2.24) is 4.98 Å². The molecule has 0 aliphatic heterocycles. The zero-order chi connectivity index (χ0) is 11.5. The highest BCUT2D eigenvalue weighted by molar-refractivity contribution is 5.97. The molecule has 0 amide bonds. The van der Waals surface area contributed by atoms with Gasteiger partial charge in [-0.15, -0.1) is 0 Å². The van der Waals surface area contributed by atoms with Crippen molar-refractivity contribution in [2.24, 2.45) is 5.92 Å². The molecule has 0 aliphatic carbocycles. The standard InChI is InChI=1S/C13H13NO2/c1-9(2)13(15)10-5-6-11(14-8-10)12-4-3-7-16-12/h3-9H,1-2H3. The highest BCUT2D eigenvalue weighted by atomic mass is 16.3. The topological polar surface area (TPSA) is 43.1 Å². The lowest BCUT2D eigenvalue weighted by Crippen LogP contribution is -2.07. The molecule has 0 aromatic carbocycles. The first-order valence-corrected chi connectivity index (χ1v) is 5.22. The van der Waals surface area contributed by atoms with E-state index in [1.807, 2.05) is 26.0 Å². The van der Waals surface area contributed by atoms with Crippen LogP contribution in [0.15, 0.2) is 41.1 Å². The Morgan fingerprint density at radius 2 is 2.12 bits per heavy atom. The molecule has 0 atom stereocenters. The number of carbonyl (C=O) groups is 1. The SMILES string of the molecule is CC(C)C(=O)c1ccc(-c2ccco2)nc1. The average molecular weight is 215 g/mol. The molecule has 0 radical (unpaired) electrons. The summed E-state index contributed by atoms with van der Waals surface area (Å²) in [5.41, 5.74) is 1.38. The molecule has 2 rings (SSSR count). The van der Waals surface area contributed by atoms with Crippen molar-refractivity contribution < 1.29 is 9.21 Å². The molecular weight excluding hydrogens is 202 g/mol. The molecule has 0 saturated heterocycles. The van der Waals surface area contributed by atoms with Gasteiger partial charge in [-0.3, -0.25) is 9.78 Å². The summed E-state index contributed by atoms with van der Waals surface area (Å²) in [6.07, 6.45) is 3.20. The summed E-state index contributed by atoms with van der Waals surface area (Å²) in [7, 11) is 0. The van der Waals surface area contributed by atoms with Gasteiger partial charge in [0.15, 0.2) is 11.5 Å². The van der Waals surface area contributed by atoms with Crippen molar-refractivity contribution in [3.8, 4) is 11.5 Å². The van der Waals surface area contributed by atoms with Gasteiger partial charge in [0.25, 0.3) is 0 Å². The summed E-state index contributed by atoms with van der Waals surface area (Å²) in [4.78, 5) is 15.9. The van der Waals surface area contributed by atoms with E-state index >= 15 is 0 Å². The van der Waals surface area contributed by atoms with Crippen LogP contribution in [0, 0.1) is 5.92 Å². The van der Waals surface area contributed by atoms with Gasteiger partial charge < -0.3 is 4.42 Å². The molecule has 16 heavy (non-hydrogen) atoms. The highest BCUT2D eigenvalue weighted by Crippen LogP contribution is 2.18. The molecule has 0 aliphatic rings. The second-order valence-electron chi connectivity index (χ2n) is 3.93. The van der Waals surface area contributed by atoms with Crippen LogP contribution in [0.4, 0.5) is 0 Å². The number of hydrogen-bond donors (Lipinski definition) is 0. The van der Waals surface area contributed by atoms with E-state index in [4.69, 9.17) is 4.42 Å². The van der Waals surface area contributed by atoms with Gasteiger partial charge in [0.05, 0.1) is 6.26 Å². The smallest absolute Gasteiger partial charge is 0.166 e. The first kappa shape index (κ1) is 10.6. The molecular formula is C13H13NO2. The highest BCUT2D eigenvalue weighted by Gasteiger charge is 2.11. The second-order valence-corrected chi connectivity index (χ2v) is 3.93. The Hall–Kier alpha value is -1.90. The van der Waals surface area contributed by atoms with Gasteiger partial charge in [0, 0.05) is 17.7 Å². The van der Waals surface area contributed by atoms with Gasteiger partial charge in [0.1, 0.15) is 5.69 Å². The maximum atomic E-state index is 11.7. The number of nitrogens with zero attached hydrogens (tertiary/aromatic N) is 1. The molecule has 82 valence electrons. The maximum absolute atomic E-state index is 11.7. The van der Waals surface area contributed by atoms with E-state index in [1.54, 1.807) is 24.6 Å². The average Bonchev–Trinajstić information content (AvgIpc) is 2.81. The van der Waals surface area contributed by atoms with E-state index in [9.17, 15) is 4.79 Å². The van der Waals surface area contributed by atoms with E-state index in [0.29, 0.717) is 11.3 Å². The number of hydrogen-bond acceptors (Lipinski definition) is 3. The van der Waals surface area contributed by atoms with Crippen LogP contribution in [0.5, 0.6) is 0 Å². The number of furan rings is 1. The third-order valence-corrected chi connectivity index (χ3v) is 2.35. The summed E-state index contributed by atoms with van der Waals surface area (Å²) in [6, 6.07) is 7.23. The predicted molar refractivity (Wildman–Crippen MR) is 61.1 cm³/mol. The number of ketones is 1. The fourth-order valence-electron chi connectivity index (χ4n) is 1.44. The molecule has 2 heterocycles. The third-order valence-electron chi connectivity index (χ3n) is 2.35. The lowest BCUT2D eigenvalue weighted by Gasteiger charge is -2.03. The summed E-state index contributed by atoms with van der Waals surface area (Å²) in [6.45, 7) is 3.76. The fraction of sp³-hybridized carbons (Fsp3) is 0.231. The zero-order valence-corrected chi connectivity index (χ0v) is 9.31. The molecule has 0 unspecified atom stereocenters. The van der Waals surface area contributed by atoms with Crippen molar-refractivity contribution in [2.75, 3.05) is 0 Å². The van der Waals surface area contributed by atoms with E-state index < -0.39 is 0 Å². The zero-order valence-electron chi connectivity index (χ0n) is 9.31. The minimum atomic E-state index is -0.00346. The maximum Gasteiger partial charge on any atom is 0.166 e. The van der Waals surface area contributed by atoms with Crippen molar-refractivity contribution in [3.05, 3.63) is 42.3 Å². The monoisotopic (exact) mass is 215 g/mol. The van der Waals surface area contributed by atoms with Gasteiger partial charge in [-0.05, 0) is 24.3 Å². The van der Waals surface area contributed by atoms with Crippen LogP contribution in [0.2, 0.25) is 0 Å². The van der Waals surface area contributed by atoms with Crippen LogP contribution in [0.3, 0.4) is 0 Å². The lowest BCUT2D eigenvalue weighted by atomic mass is 10.0. The van der Waals surface area contributed by atoms with Gasteiger partial charge in [-0.1, -0.05) is 13.8 Å². The fourth-order valence-corrected chi connectivity index (χ4v) is 1.44. The number of pyridine rings is 1. The summed E-state index contributed by atoms with van der Waals surface area (Å²) in [5, 5.41) is 0. The van der Waals surface area contributed by atoms with Crippen LogP contribution in [0.25, 0.3) is 11.5 Å². The van der Waals surface area contributed by atoms with E-state index in [0.717, 1.165) is 5.69 Å². The Bertz CT molecular complexity index is 469. The van der Waals surface area contributed by atoms with E-state index in [2.05, 4.69) is 4.98 Å². The van der Waals surface area contributed by atoms with Crippen molar-refractivity contribution in [1.29, 1.82) is 0 Å². The molecule has 0 fully saturated rings. The van der Waals surface area contributed by atoms with E-state index in [-0.39, 0.29) is 11.7 Å². The second kappa shape index (κ2) is 4.31. The Kier molecular flexibility index (Phi) is 2.86. The summed E-state index contributed by atoms with van der Waals surface area (Å²) >= 11 is 0. The van der Waals surface area contributed by atoms with Crippen molar-refractivity contribution in [3.63, 3.8) is 0 Å². The Morgan fingerprint density at radius 1 is 1.31 bits per heavy atom. The number of rotatable bonds is 3. The van der Waals surface area contributed by atoms with Gasteiger partial charge in [-0.2, -0.15) is 0 Å². The third kappa shape index (κ3) is 2.03. The van der Waals surface area contributed by atoms with Crippen molar-refractivity contribution in [2.45, 2.75) is 13.8 Å². The Balaban J connectivity index is 2.27. The molecule has 0 saturated carbocycles. The number of carbonyl (C=O) groups excluding carboxylic acids is 1. The van der Waals surface area contributed by atoms with E-state index in [1.165, 1.54) is 0 Å². The molecule has 0 bridgehead atoms. The Labute approximate surface area is 94.1 Å². The van der Waals surface area contributed by atoms with Crippen LogP contribution in [-0.4, -0.2) is 10.8 Å². The minimum absolute atomic E-state index is 0.00346. The largest absolute Gasteiger partial charge is 0.463 e.